The molecule has 0 aromatic carbocycles. The topological polar surface area (TPSA) is 78.9 Å². The Balaban J connectivity index is 4.52. The molecule has 0 spiro atoms. The SMILES string of the molecule is CC/C=C\C/C=C\C/C=C\C/C=C\C/C=C\CCCC(=O)OC(COC(=O)CCCCCCCC/C=C\C/C=C\C/C=C\C/C=C\CC)COC(=O)CCCCCCCCC/C=C\CCCCCC. The number of carbonyl (C=O) groups is 3. The van der Waals surface area contributed by atoms with Crippen LogP contribution in [0.25, 0.3) is 0 Å². The minimum atomic E-state index is -0.819. The van der Waals surface area contributed by atoms with Gasteiger partial charge in [0.15, 0.2) is 6.10 Å². The molecule has 0 saturated heterocycles. The van der Waals surface area contributed by atoms with Crippen LogP contribution >= 0.6 is 0 Å². The predicted molar refractivity (Wildman–Crippen MR) is 297 cm³/mol. The molecule has 0 aliphatic rings. The Morgan fingerprint density at radius 3 is 0.942 bits per heavy atom. The van der Waals surface area contributed by atoms with Crippen molar-refractivity contribution >= 4 is 17.9 Å². The van der Waals surface area contributed by atoms with E-state index in [-0.39, 0.29) is 37.5 Å². The van der Waals surface area contributed by atoms with Gasteiger partial charge >= 0.3 is 17.9 Å². The van der Waals surface area contributed by atoms with E-state index in [9.17, 15) is 14.4 Å². The van der Waals surface area contributed by atoms with Gasteiger partial charge in [-0.25, -0.2) is 0 Å². The fourth-order valence-corrected chi connectivity index (χ4v) is 7.29. The van der Waals surface area contributed by atoms with Crippen LogP contribution < -0.4 is 0 Å². The lowest BCUT2D eigenvalue weighted by Crippen LogP contribution is -2.30. The molecule has 1 atom stereocenters. The van der Waals surface area contributed by atoms with Gasteiger partial charge in [-0.3, -0.25) is 14.4 Å². The van der Waals surface area contributed by atoms with E-state index in [1.54, 1.807) is 0 Å². The second kappa shape index (κ2) is 56.4. The van der Waals surface area contributed by atoms with Crippen LogP contribution in [0.15, 0.2) is 122 Å². The molecule has 0 aromatic heterocycles. The lowest BCUT2D eigenvalue weighted by atomic mass is 10.1. The lowest BCUT2D eigenvalue weighted by Gasteiger charge is -2.18. The summed E-state index contributed by atoms with van der Waals surface area (Å²) in [6, 6.07) is 0. The molecular formula is C63H102O6. The van der Waals surface area contributed by atoms with Crippen LogP contribution in [0.1, 0.15) is 239 Å². The fourth-order valence-electron chi connectivity index (χ4n) is 7.29. The highest BCUT2D eigenvalue weighted by Gasteiger charge is 2.19. The number of hydrogen-bond donors (Lipinski definition) is 0. The minimum Gasteiger partial charge on any atom is -0.462 e. The van der Waals surface area contributed by atoms with Crippen LogP contribution in [-0.4, -0.2) is 37.2 Å². The molecule has 6 heteroatoms. The maximum atomic E-state index is 12.8. The van der Waals surface area contributed by atoms with Crippen molar-refractivity contribution < 1.29 is 28.6 Å². The molecule has 0 fully saturated rings. The number of esters is 3. The highest BCUT2D eigenvalue weighted by Crippen LogP contribution is 2.13. The van der Waals surface area contributed by atoms with Crippen molar-refractivity contribution in [1.82, 2.24) is 0 Å². The van der Waals surface area contributed by atoms with E-state index in [1.165, 1.54) is 77.0 Å². The van der Waals surface area contributed by atoms with Crippen molar-refractivity contribution in [3.63, 3.8) is 0 Å². The van der Waals surface area contributed by atoms with Gasteiger partial charge in [0, 0.05) is 19.3 Å². The molecule has 0 N–H and O–H groups in total. The molecule has 0 amide bonds. The maximum absolute atomic E-state index is 12.8. The Morgan fingerprint density at radius 1 is 0.304 bits per heavy atom. The smallest absolute Gasteiger partial charge is 0.306 e. The third-order valence-corrected chi connectivity index (χ3v) is 11.4. The van der Waals surface area contributed by atoms with Crippen molar-refractivity contribution in [2.45, 2.75) is 245 Å². The van der Waals surface area contributed by atoms with E-state index in [1.807, 2.05) is 0 Å². The minimum absolute atomic E-state index is 0.110. The number of carbonyl (C=O) groups excluding carboxylic acids is 3. The normalized spacial score (nSPS) is 13.0. The van der Waals surface area contributed by atoms with E-state index in [4.69, 9.17) is 14.2 Å². The maximum Gasteiger partial charge on any atom is 0.306 e. The highest BCUT2D eigenvalue weighted by atomic mass is 16.6. The molecule has 0 rings (SSSR count). The van der Waals surface area contributed by atoms with Gasteiger partial charge in [0.05, 0.1) is 0 Å². The van der Waals surface area contributed by atoms with Crippen LogP contribution in [0.3, 0.4) is 0 Å². The van der Waals surface area contributed by atoms with Gasteiger partial charge in [0.2, 0.25) is 0 Å². The molecule has 0 radical (unpaired) electrons. The molecule has 0 aliphatic heterocycles. The summed E-state index contributed by atoms with van der Waals surface area (Å²) in [5, 5.41) is 0. The van der Waals surface area contributed by atoms with Crippen LogP contribution in [0.4, 0.5) is 0 Å². The van der Waals surface area contributed by atoms with Crippen molar-refractivity contribution in [2.75, 3.05) is 13.2 Å². The molecule has 6 nitrogen and oxygen atoms in total. The summed E-state index contributed by atoms with van der Waals surface area (Å²) in [6.45, 7) is 6.33. The molecule has 0 heterocycles. The molecule has 1 unspecified atom stereocenters. The summed E-state index contributed by atoms with van der Waals surface area (Å²) in [6.07, 6.45) is 77.6. The van der Waals surface area contributed by atoms with E-state index in [0.29, 0.717) is 19.3 Å². The Bertz CT molecular complexity index is 1470. The number of rotatable bonds is 49. The van der Waals surface area contributed by atoms with Gasteiger partial charge in [0.1, 0.15) is 13.2 Å². The Labute approximate surface area is 424 Å². The Morgan fingerprint density at radius 2 is 0.580 bits per heavy atom. The second-order valence-corrected chi connectivity index (χ2v) is 18.1. The van der Waals surface area contributed by atoms with Crippen LogP contribution in [-0.2, 0) is 28.6 Å². The lowest BCUT2D eigenvalue weighted by molar-refractivity contribution is -0.167. The molecule has 0 aromatic rings. The predicted octanol–water partition coefficient (Wildman–Crippen LogP) is 18.9. The van der Waals surface area contributed by atoms with Gasteiger partial charge in [-0.1, -0.05) is 219 Å². The van der Waals surface area contributed by atoms with Crippen LogP contribution in [0.5, 0.6) is 0 Å². The summed E-state index contributed by atoms with van der Waals surface area (Å²) >= 11 is 0. The zero-order valence-corrected chi connectivity index (χ0v) is 44.5. The summed E-state index contributed by atoms with van der Waals surface area (Å²) in [4.78, 5) is 38.1. The third kappa shape index (κ3) is 54.6. The first kappa shape index (κ1) is 64.8. The Kier molecular flexibility index (Phi) is 53.0. The monoisotopic (exact) mass is 955 g/mol. The number of unbranched alkanes of at least 4 members (excludes halogenated alkanes) is 18. The van der Waals surface area contributed by atoms with Gasteiger partial charge in [-0.15, -0.1) is 0 Å². The summed E-state index contributed by atoms with van der Waals surface area (Å²) in [7, 11) is 0. The summed E-state index contributed by atoms with van der Waals surface area (Å²) in [5.41, 5.74) is 0. The number of ether oxygens (including phenoxy) is 3. The van der Waals surface area contributed by atoms with Crippen molar-refractivity contribution in [2.24, 2.45) is 0 Å². The molecule has 390 valence electrons. The first-order valence-corrected chi connectivity index (χ1v) is 28.0. The van der Waals surface area contributed by atoms with Gasteiger partial charge in [-0.05, 0) is 122 Å². The zero-order chi connectivity index (χ0) is 50.0. The van der Waals surface area contributed by atoms with Gasteiger partial charge < -0.3 is 14.2 Å². The fraction of sp³-hybridized carbons (Fsp3) is 0.635. The van der Waals surface area contributed by atoms with E-state index < -0.39 is 6.10 Å². The average Bonchev–Trinajstić information content (AvgIpc) is 3.35. The van der Waals surface area contributed by atoms with Gasteiger partial charge in [-0.2, -0.15) is 0 Å². The quantitative estimate of drug-likeness (QED) is 0.0262. The second-order valence-electron chi connectivity index (χ2n) is 18.1. The molecule has 0 bridgehead atoms. The van der Waals surface area contributed by atoms with Crippen molar-refractivity contribution in [3.05, 3.63) is 122 Å². The standard InChI is InChI=1S/C63H102O6/c1-4-7-10-13-16-19-22-25-28-30-31-33-35-38-41-44-47-50-53-56-62(65)68-59-60(58-67-61(64)55-52-49-46-43-40-37-34-27-24-21-18-15-12-9-6-3)69-63(66)57-54-51-48-45-42-39-36-32-29-26-23-20-17-14-11-8-5-2/h7-8,10-11,16-17,19-21,24-26,28-29,31,33,36,39,45,48,60H,4-6,9,12-15,18,22-23,27,30,32,34-35,37-38,40-44,46-47,49-59H2,1-3H3/b10-7-,11-8-,19-16-,20-17-,24-21-,28-25-,29-26-,33-31-,39-36-,48-45-. The average molecular weight is 956 g/mol. The molecule has 0 aliphatic carbocycles. The van der Waals surface area contributed by atoms with Crippen LogP contribution in [0.2, 0.25) is 0 Å². The first-order valence-electron chi connectivity index (χ1n) is 28.0. The molecule has 69 heavy (non-hydrogen) atoms. The van der Waals surface area contributed by atoms with E-state index >= 15 is 0 Å². The van der Waals surface area contributed by atoms with Crippen LogP contribution in [0, 0.1) is 0 Å². The number of hydrogen-bond acceptors (Lipinski definition) is 6. The summed E-state index contributed by atoms with van der Waals surface area (Å²) < 4.78 is 16.8. The van der Waals surface area contributed by atoms with E-state index in [2.05, 4.69) is 142 Å². The number of allylic oxidation sites excluding steroid dienone is 20. The highest BCUT2D eigenvalue weighted by molar-refractivity contribution is 5.71. The molecular weight excluding hydrogens is 853 g/mol. The van der Waals surface area contributed by atoms with Gasteiger partial charge in [0.25, 0.3) is 0 Å². The first-order chi connectivity index (χ1) is 34.0. The zero-order valence-electron chi connectivity index (χ0n) is 44.5. The van der Waals surface area contributed by atoms with Crippen molar-refractivity contribution in [1.29, 1.82) is 0 Å². The van der Waals surface area contributed by atoms with Crippen molar-refractivity contribution in [3.8, 4) is 0 Å². The van der Waals surface area contributed by atoms with E-state index in [0.717, 1.165) is 116 Å². The summed E-state index contributed by atoms with van der Waals surface area (Å²) in [5.74, 6) is -0.991. The third-order valence-electron chi connectivity index (χ3n) is 11.4. The molecule has 0 saturated carbocycles. The largest absolute Gasteiger partial charge is 0.462 e. The Hall–Kier alpha value is -4.19.